The lowest BCUT2D eigenvalue weighted by atomic mass is 9.99. The Balaban J connectivity index is 2.34. The number of hydrogen-bond donors (Lipinski definition) is 2. The van der Waals surface area contributed by atoms with Crippen molar-refractivity contribution in [3.8, 4) is 0 Å². The predicted molar refractivity (Wildman–Crippen MR) is 84.9 cm³/mol. The minimum atomic E-state index is -4.30. The van der Waals surface area contributed by atoms with Crippen LogP contribution in [-0.4, -0.2) is 18.9 Å². The molecule has 2 aromatic rings. The number of carbonyl (C=O) groups is 1. The fourth-order valence-electron chi connectivity index (χ4n) is 2.47. The van der Waals surface area contributed by atoms with Crippen molar-refractivity contribution in [1.82, 2.24) is 0 Å². The molecule has 0 aliphatic carbocycles. The van der Waals surface area contributed by atoms with Crippen molar-refractivity contribution in [2.24, 2.45) is 0 Å². The van der Waals surface area contributed by atoms with Gasteiger partial charge in [-0.25, -0.2) is 0 Å². The topological polar surface area (TPSA) is 83.5 Å². The van der Waals surface area contributed by atoms with Crippen LogP contribution in [0.25, 0.3) is 0 Å². The molecule has 0 aliphatic heterocycles. The lowest BCUT2D eigenvalue weighted by Crippen LogP contribution is -2.15. The molecule has 0 spiro atoms. The number of carbonyl (C=O) groups excluding carboxylic acids is 1. The quantitative estimate of drug-likeness (QED) is 0.851. The summed E-state index contributed by atoms with van der Waals surface area (Å²) in [5, 5.41) is 2.66. The van der Waals surface area contributed by atoms with Crippen molar-refractivity contribution >= 4 is 21.7 Å². The van der Waals surface area contributed by atoms with Crippen LogP contribution < -0.4 is 5.32 Å². The SMILES string of the molecule is Cc1cc(C)c(C(=O)Nc2cccc(S(=O)(=O)O)c2)c(C)c1. The molecule has 2 N–H and O–H groups in total. The number of hydrogen-bond acceptors (Lipinski definition) is 3. The summed E-state index contributed by atoms with van der Waals surface area (Å²) >= 11 is 0. The third-order valence-corrected chi connectivity index (χ3v) is 4.14. The van der Waals surface area contributed by atoms with Crippen molar-refractivity contribution in [3.63, 3.8) is 0 Å². The van der Waals surface area contributed by atoms with Crippen molar-refractivity contribution in [2.75, 3.05) is 5.32 Å². The van der Waals surface area contributed by atoms with Gasteiger partial charge in [0.05, 0.1) is 4.90 Å². The van der Waals surface area contributed by atoms with Gasteiger partial charge in [0.2, 0.25) is 0 Å². The second-order valence-corrected chi connectivity index (χ2v) is 6.65. The molecule has 0 fully saturated rings. The first kappa shape index (κ1) is 16.2. The van der Waals surface area contributed by atoms with Gasteiger partial charge in [-0.3, -0.25) is 9.35 Å². The number of aryl methyl sites for hydroxylation is 3. The Labute approximate surface area is 129 Å². The van der Waals surface area contributed by atoms with Crippen LogP contribution in [0.4, 0.5) is 5.69 Å². The van der Waals surface area contributed by atoms with Crippen molar-refractivity contribution in [3.05, 3.63) is 58.7 Å². The van der Waals surface area contributed by atoms with Gasteiger partial charge >= 0.3 is 0 Å². The van der Waals surface area contributed by atoms with E-state index in [-0.39, 0.29) is 10.8 Å². The van der Waals surface area contributed by atoms with Crippen molar-refractivity contribution in [2.45, 2.75) is 25.7 Å². The Bertz CT molecular complexity index is 818. The van der Waals surface area contributed by atoms with Gasteiger partial charge in [0.15, 0.2) is 0 Å². The van der Waals surface area contributed by atoms with Gasteiger partial charge in [-0.05, 0) is 50.1 Å². The molecule has 0 unspecified atom stereocenters. The molecule has 0 saturated carbocycles. The van der Waals surface area contributed by atoms with Gasteiger partial charge in [-0.15, -0.1) is 0 Å². The molecule has 1 amide bonds. The zero-order valence-corrected chi connectivity index (χ0v) is 13.4. The van der Waals surface area contributed by atoms with Gasteiger partial charge in [0.25, 0.3) is 16.0 Å². The highest BCUT2D eigenvalue weighted by molar-refractivity contribution is 7.85. The maximum absolute atomic E-state index is 12.4. The molecule has 22 heavy (non-hydrogen) atoms. The van der Waals surface area contributed by atoms with Gasteiger partial charge in [0.1, 0.15) is 0 Å². The summed E-state index contributed by atoms with van der Waals surface area (Å²) < 4.78 is 31.3. The molecular formula is C16H17NO4S. The summed E-state index contributed by atoms with van der Waals surface area (Å²) in [7, 11) is -4.30. The molecule has 0 radical (unpaired) electrons. The van der Waals surface area contributed by atoms with Crippen LogP contribution in [0.2, 0.25) is 0 Å². The van der Waals surface area contributed by atoms with Crippen molar-refractivity contribution < 1.29 is 17.8 Å². The summed E-state index contributed by atoms with van der Waals surface area (Å²) in [5.74, 6) is -0.317. The number of anilines is 1. The molecule has 0 atom stereocenters. The average molecular weight is 319 g/mol. The lowest BCUT2D eigenvalue weighted by molar-refractivity contribution is 0.102. The van der Waals surface area contributed by atoms with E-state index in [4.69, 9.17) is 4.55 Å². The Hall–Kier alpha value is -2.18. The minimum Gasteiger partial charge on any atom is -0.322 e. The van der Waals surface area contributed by atoms with Gasteiger partial charge in [-0.1, -0.05) is 23.8 Å². The summed E-state index contributed by atoms with van der Waals surface area (Å²) in [6, 6.07) is 9.31. The van der Waals surface area contributed by atoms with E-state index >= 15 is 0 Å². The first-order valence-corrected chi connectivity index (χ1v) is 8.09. The monoisotopic (exact) mass is 319 g/mol. The molecule has 0 bridgehead atoms. The smallest absolute Gasteiger partial charge is 0.294 e. The highest BCUT2D eigenvalue weighted by Gasteiger charge is 2.15. The minimum absolute atomic E-state index is 0.261. The second-order valence-electron chi connectivity index (χ2n) is 5.23. The first-order chi connectivity index (χ1) is 10.2. The van der Waals surface area contributed by atoms with Crippen LogP contribution in [0.1, 0.15) is 27.0 Å². The number of rotatable bonds is 3. The van der Waals surface area contributed by atoms with Crippen LogP contribution in [-0.2, 0) is 10.1 Å². The number of amides is 1. The molecule has 2 aromatic carbocycles. The molecule has 6 heteroatoms. The fraction of sp³-hybridized carbons (Fsp3) is 0.188. The summed E-state index contributed by atoms with van der Waals surface area (Å²) in [5.41, 5.74) is 3.63. The van der Waals surface area contributed by atoms with Crippen LogP contribution in [0.5, 0.6) is 0 Å². The first-order valence-electron chi connectivity index (χ1n) is 6.65. The molecule has 116 valence electrons. The molecule has 0 aliphatic rings. The van der Waals surface area contributed by atoms with Gasteiger partial charge in [0, 0.05) is 11.3 Å². The summed E-state index contributed by atoms with van der Waals surface area (Å²) in [6.45, 7) is 5.66. The zero-order valence-electron chi connectivity index (χ0n) is 12.5. The lowest BCUT2D eigenvalue weighted by Gasteiger charge is -2.12. The van der Waals surface area contributed by atoms with E-state index in [0.29, 0.717) is 11.3 Å². The Morgan fingerprint density at radius 3 is 2.18 bits per heavy atom. The maximum Gasteiger partial charge on any atom is 0.294 e. The maximum atomic E-state index is 12.4. The molecule has 0 heterocycles. The molecule has 5 nitrogen and oxygen atoms in total. The summed E-state index contributed by atoms with van der Waals surface area (Å²) in [4.78, 5) is 12.1. The molecule has 0 saturated heterocycles. The fourth-order valence-corrected chi connectivity index (χ4v) is 2.99. The van der Waals surface area contributed by atoms with E-state index in [1.807, 2.05) is 32.9 Å². The molecule has 2 rings (SSSR count). The largest absolute Gasteiger partial charge is 0.322 e. The Morgan fingerprint density at radius 2 is 1.64 bits per heavy atom. The number of benzene rings is 2. The van der Waals surface area contributed by atoms with Gasteiger partial charge in [-0.2, -0.15) is 8.42 Å². The predicted octanol–water partition coefficient (Wildman–Crippen LogP) is 3.11. The van der Waals surface area contributed by atoms with E-state index in [0.717, 1.165) is 16.7 Å². The Kier molecular flexibility index (Phi) is 4.35. The van der Waals surface area contributed by atoms with Crippen LogP contribution in [0.3, 0.4) is 0 Å². The van der Waals surface area contributed by atoms with Crippen molar-refractivity contribution in [1.29, 1.82) is 0 Å². The second kappa shape index (κ2) is 5.90. The summed E-state index contributed by atoms with van der Waals surface area (Å²) in [6.07, 6.45) is 0. The van der Waals surface area contributed by atoms with Gasteiger partial charge < -0.3 is 5.32 Å². The number of nitrogens with one attached hydrogen (secondary N) is 1. The Morgan fingerprint density at radius 1 is 1.05 bits per heavy atom. The third-order valence-electron chi connectivity index (χ3n) is 3.29. The van der Waals surface area contributed by atoms with Crippen LogP contribution in [0, 0.1) is 20.8 Å². The van der Waals surface area contributed by atoms with E-state index in [1.54, 1.807) is 6.07 Å². The van der Waals surface area contributed by atoms with Crippen LogP contribution in [0.15, 0.2) is 41.3 Å². The average Bonchev–Trinajstić information content (AvgIpc) is 2.36. The zero-order chi connectivity index (χ0) is 16.5. The van der Waals surface area contributed by atoms with Crippen LogP contribution >= 0.6 is 0 Å². The highest BCUT2D eigenvalue weighted by Crippen LogP contribution is 2.20. The van der Waals surface area contributed by atoms with E-state index < -0.39 is 10.1 Å². The third kappa shape index (κ3) is 3.52. The standard InChI is InChI=1S/C16H17NO4S/c1-10-7-11(2)15(12(3)8-10)16(18)17-13-5-4-6-14(9-13)22(19,20)21/h4-9H,1-3H3,(H,17,18)(H,19,20,21). The molecular weight excluding hydrogens is 302 g/mol. The normalized spacial score (nSPS) is 11.3. The van der Waals surface area contributed by atoms with E-state index in [2.05, 4.69) is 5.32 Å². The molecule has 0 aromatic heterocycles. The van der Waals surface area contributed by atoms with E-state index in [1.165, 1.54) is 18.2 Å². The van der Waals surface area contributed by atoms with E-state index in [9.17, 15) is 13.2 Å². The highest BCUT2D eigenvalue weighted by atomic mass is 32.2.